The number of hydrogen-bond acceptors (Lipinski definition) is 4. The first-order valence-electron chi connectivity index (χ1n) is 7.04. The maximum Gasteiger partial charge on any atom is 0.241 e. The molecule has 1 saturated heterocycles. The molecule has 1 aliphatic heterocycles. The van der Waals surface area contributed by atoms with Crippen molar-refractivity contribution in [3.8, 4) is 0 Å². The molecule has 0 amide bonds. The van der Waals surface area contributed by atoms with E-state index in [1.807, 2.05) is 24.8 Å². The SMILES string of the molecule is Cc1cc(CN)cc(S(=O)(=O)NCC2CCCCS2)c1Br. The molecule has 0 aliphatic carbocycles. The zero-order chi connectivity index (χ0) is 15.5. The van der Waals surface area contributed by atoms with Crippen molar-refractivity contribution in [3.05, 3.63) is 27.7 Å². The Hall–Kier alpha value is -0.0800. The second-order valence-corrected chi connectivity index (χ2v) is 9.21. The Morgan fingerprint density at radius 2 is 2.19 bits per heavy atom. The predicted octanol–water partition coefficient (Wildman–Crippen LogP) is 2.78. The summed E-state index contributed by atoms with van der Waals surface area (Å²) in [6.07, 6.45) is 3.50. The van der Waals surface area contributed by atoms with Gasteiger partial charge in [-0.25, -0.2) is 13.1 Å². The topological polar surface area (TPSA) is 72.2 Å². The van der Waals surface area contributed by atoms with Gasteiger partial charge in [0.2, 0.25) is 10.0 Å². The van der Waals surface area contributed by atoms with Gasteiger partial charge in [-0.1, -0.05) is 12.5 Å². The number of benzene rings is 1. The van der Waals surface area contributed by atoms with Crippen LogP contribution in [-0.2, 0) is 16.6 Å². The Labute approximate surface area is 139 Å². The van der Waals surface area contributed by atoms with Crippen molar-refractivity contribution in [2.45, 2.75) is 42.9 Å². The molecule has 0 saturated carbocycles. The number of nitrogens with two attached hydrogens (primary N) is 1. The van der Waals surface area contributed by atoms with E-state index in [9.17, 15) is 8.42 Å². The van der Waals surface area contributed by atoms with E-state index in [0.29, 0.717) is 22.8 Å². The zero-order valence-corrected chi connectivity index (χ0v) is 15.3. The van der Waals surface area contributed by atoms with E-state index in [4.69, 9.17) is 5.73 Å². The number of rotatable bonds is 5. The van der Waals surface area contributed by atoms with Crippen LogP contribution in [0.1, 0.15) is 30.4 Å². The fraction of sp³-hybridized carbons (Fsp3) is 0.571. The second kappa shape index (κ2) is 7.46. The third-order valence-electron chi connectivity index (χ3n) is 3.58. The van der Waals surface area contributed by atoms with Gasteiger partial charge in [0.25, 0.3) is 0 Å². The average Bonchev–Trinajstić information content (AvgIpc) is 2.48. The number of halogens is 1. The lowest BCUT2D eigenvalue weighted by Crippen LogP contribution is -2.32. The van der Waals surface area contributed by atoms with E-state index in [2.05, 4.69) is 20.7 Å². The van der Waals surface area contributed by atoms with Crippen LogP contribution in [0, 0.1) is 6.92 Å². The maximum absolute atomic E-state index is 12.5. The van der Waals surface area contributed by atoms with Gasteiger partial charge in [-0.05, 0) is 58.6 Å². The summed E-state index contributed by atoms with van der Waals surface area (Å²) in [6.45, 7) is 2.69. The van der Waals surface area contributed by atoms with Crippen LogP contribution < -0.4 is 10.5 Å². The van der Waals surface area contributed by atoms with Gasteiger partial charge in [-0.2, -0.15) is 11.8 Å². The number of thioether (sulfide) groups is 1. The first-order chi connectivity index (χ1) is 9.94. The summed E-state index contributed by atoms with van der Waals surface area (Å²) in [5.74, 6) is 1.12. The van der Waals surface area contributed by atoms with Crippen molar-refractivity contribution in [3.63, 3.8) is 0 Å². The molecule has 2 rings (SSSR count). The fourth-order valence-electron chi connectivity index (χ4n) is 2.37. The highest BCUT2D eigenvalue weighted by Gasteiger charge is 2.22. The number of nitrogens with one attached hydrogen (secondary N) is 1. The molecule has 7 heteroatoms. The summed E-state index contributed by atoms with van der Waals surface area (Å²) < 4.78 is 28.4. The van der Waals surface area contributed by atoms with Gasteiger partial charge in [-0.3, -0.25) is 0 Å². The van der Waals surface area contributed by atoms with E-state index < -0.39 is 10.0 Å². The lowest BCUT2D eigenvalue weighted by atomic mass is 10.1. The Balaban J connectivity index is 2.16. The van der Waals surface area contributed by atoms with E-state index in [1.54, 1.807) is 6.07 Å². The largest absolute Gasteiger partial charge is 0.326 e. The summed E-state index contributed by atoms with van der Waals surface area (Å²) in [5.41, 5.74) is 7.34. The number of hydrogen-bond donors (Lipinski definition) is 2. The zero-order valence-electron chi connectivity index (χ0n) is 12.1. The molecular weight excluding hydrogens is 372 g/mol. The van der Waals surface area contributed by atoms with E-state index >= 15 is 0 Å². The van der Waals surface area contributed by atoms with Crippen molar-refractivity contribution in [2.24, 2.45) is 5.73 Å². The van der Waals surface area contributed by atoms with Crippen LogP contribution >= 0.6 is 27.7 Å². The molecule has 21 heavy (non-hydrogen) atoms. The summed E-state index contributed by atoms with van der Waals surface area (Å²) in [6, 6.07) is 3.55. The molecule has 1 unspecified atom stereocenters. The third kappa shape index (κ3) is 4.45. The molecule has 1 aliphatic rings. The summed E-state index contributed by atoms with van der Waals surface area (Å²) in [4.78, 5) is 0.281. The van der Waals surface area contributed by atoms with Gasteiger partial charge in [0.05, 0.1) is 4.90 Å². The smallest absolute Gasteiger partial charge is 0.241 e. The molecular formula is C14H21BrN2O2S2. The minimum Gasteiger partial charge on any atom is -0.326 e. The van der Waals surface area contributed by atoms with Crippen LogP contribution in [0.5, 0.6) is 0 Å². The molecule has 0 aromatic heterocycles. The molecule has 0 bridgehead atoms. The van der Waals surface area contributed by atoms with Gasteiger partial charge in [0.15, 0.2) is 0 Å². The van der Waals surface area contributed by atoms with Gasteiger partial charge in [-0.15, -0.1) is 0 Å². The molecule has 118 valence electrons. The minimum absolute atomic E-state index is 0.281. The fourth-order valence-corrected chi connectivity index (χ4v) is 5.86. The Morgan fingerprint density at radius 1 is 1.43 bits per heavy atom. The highest BCUT2D eigenvalue weighted by molar-refractivity contribution is 9.10. The summed E-state index contributed by atoms with van der Waals surface area (Å²) in [7, 11) is -3.51. The average molecular weight is 393 g/mol. The van der Waals surface area contributed by atoms with Crippen LogP contribution in [0.3, 0.4) is 0 Å². The van der Waals surface area contributed by atoms with Crippen molar-refractivity contribution < 1.29 is 8.42 Å². The molecule has 0 radical (unpaired) electrons. The molecule has 1 atom stereocenters. The number of sulfonamides is 1. The summed E-state index contributed by atoms with van der Waals surface area (Å²) in [5, 5.41) is 0.381. The lowest BCUT2D eigenvalue weighted by Gasteiger charge is -2.21. The van der Waals surface area contributed by atoms with Crippen LogP contribution in [0.4, 0.5) is 0 Å². The monoisotopic (exact) mass is 392 g/mol. The van der Waals surface area contributed by atoms with Crippen molar-refractivity contribution in [1.82, 2.24) is 4.72 Å². The van der Waals surface area contributed by atoms with Crippen molar-refractivity contribution in [2.75, 3.05) is 12.3 Å². The van der Waals surface area contributed by atoms with Gasteiger partial charge >= 0.3 is 0 Å². The molecule has 1 aromatic rings. The highest BCUT2D eigenvalue weighted by Crippen LogP contribution is 2.28. The molecule has 0 spiro atoms. The van der Waals surface area contributed by atoms with Gasteiger partial charge in [0, 0.05) is 22.8 Å². The van der Waals surface area contributed by atoms with Gasteiger partial charge < -0.3 is 5.73 Å². The first kappa shape index (κ1) is 17.3. The van der Waals surface area contributed by atoms with E-state index in [-0.39, 0.29) is 4.90 Å². The normalized spacial score (nSPS) is 19.7. The van der Waals surface area contributed by atoms with E-state index in [1.165, 1.54) is 12.8 Å². The van der Waals surface area contributed by atoms with Crippen LogP contribution in [-0.4, -0.2) is 26.0 Å². The predicted molar refractivity (Wildman–Crippen MR) is 92.1 cm³/mol. The van der Waals surface area contributed by atoms with Crippen LogP contribution in [0.15, 0.2) is 21.5 Å². The number of aryl methyl sites for hydroxylation is 1. The third-order valence-corrected chi connectivity index (χ3v) is 7.74. The molecule has 3 N–H and O–H groups in total. The quantitative estimate of drug-likeness (QED) is 0.807. The Kier molecular flexibility index (Phi) is 6.14. The second-order valence-electron chi connectivity index (χ2n) is 5.27. The Bertz CT molecular complexity index is 599. The summed E-state index contributed by atoms with van der Waals surface area (Å²) >= 11 is 5.24. The highest BCUT2D eigenvalue weighted by atomic mass is 79.9. The Morgan fingerprint density at radius 3 is 2.81 bits per heavy atom. The first-order valence-corrected chi connectivity index (χ1v) is 10.4. The standard InChI is InChI=1S/C14H21BrN2O2S2/c1-10-6-11(8-16)7-13(14(10)15)21(18,19)17-9-12-4-2-3-5-20-12/h6-7,12,17H,2-5,8-9,16H2,1H3. The molecule has 1 fully saturated rings. The van der Waals surface area contributed by atoms with Crippen molar-refractivity contribution >= 4 is 37.7 Å². The van der Waals surface area contributed by atoms with Crippen LogP contribution in [0.2, 0.25) is 0 Å². The maximum atomic E-state index is 12.5. The molecule has 1 aromatic carbocycles. The lowest BCUT2D eigenvalue weighted by molar-refractivity contribution is 0.573. The molecule has 1 heterocycles. The van der Waals surface area contributed by atoms with E-state index in [0.717, 1.165) is 23.3 Å². The van der Waals surface area contributed by atoms with Crippen molar-refractivity contribution in [1.29, 1.82) is 0 Å². The minimum atomic E-state index is -3.51. The van der Waals surface area contributed by atoms with Gasteiger partial charge in [0.1, 0.15) is 0 Å². The van der Waals surface area contributed by atoms with Crippen LogP contribution in [0.25, 0.3) is 0 Å². The molecule has 4 nitrogen and oxygen atoms in total.